The Morgan fingerprint density at radius 2 is 1.71 bits per heavy atom. The number of anilines is 1. The molecular weight excluding hydrogens is 349 g/mol. The van der Waals surface area contributed by atoms with Crippen molar-refractivity contribution in [1.82, 2.24) is 9.97 Å². The van der Waals surface area contributed by atoms with Gasteiger partial charge in [-0.2, -0.15) is 4.98 Å². The molecule has 0 N–H and O–H groups in total. The summed E-state index contributed by atoms with van der Waals surface area (Å²) in [4.78, 5) is 11.1. The van der Waals surface area contributed by atoms with Crippen LogP contribution in [0, 0.1) is 3.57 Å². The maximum atomic E-state index is 6.20. The van der Waals surface area contributed by atoms with Crippen LogP contribution in [0.25, 0.3) is 0 Å². The van der Waals surface area contributed by atoms with Crippen LogP contribution in [-0.2, 0) is 5.41 Å². The van der Waals surface area contributed by atoms with Crippen molar-refractivity contribution in [3.63, 3.8) is 0 Å². The van der Waals surface area contributed by atoms with Crippen molar-refractivity contribution in [3.05, 3.63) is 14.4 Å². The van der Waals surface area contributed by atoms with Crippen LogP contribution < -0.4 is 4.90 Å². The first-order chi connectivity index (χ1) is 7.81. The molecule has 0 fully saturated rings. The van der Waals surface area contributed by atoms with Crippen LogP contribution in [0.3, 0.4) is 0 Å². The monoisotopic (exact) mass is 367 g/mol. The zero-order valence-electron chi connectivity index (χ0n) is 11.0. The number of nitrogens with zero attached hydrogens (tertiary/aromatic N) is 3. The van der Waals surface area contributed by atoms with Gasteiger partial charge in [0.05, 0.1) is 9.26 Å². The molecule has 0 saturated heterocycles. The van der Waals surface area contributed by atoms with Gasteiger partial charge in [0.25, 0.3) is 0 Å². The molecule has 0 bridgehead atoms. The predicted octanol–water partition coefficient (Wildman–Crippen LogP) is 3.88. The lowest BCUT2D eigenvalue weighted by molar-refractivity contribution is 0.561. The van der Waals surface area contributed by atoms with Crippen LogP contribution in [-0.4, -0.2) is 23.1 Å². The highest BCUT2D eigenvalue weighted by Gasteiger charge is 2.23. The van der Waals surface area contributed by atoms with E-state index in [-0.39, 0.29) is 5.41 Å². The summed E-state index contributed by atoms with van der Waals surface area (Å²) in [6.45, 7) is 12.4. The topological polar surface area (TPSA) is 29.0 Å². The Bertz CT molecular complexity index is 397. The van der Waals surface area contributed by atoms with E-state index in [1.54, 1.807) is 0 Å². The quantitative estimate of drug-likeness (QED) is 0.600. The summed E-state index contributed by atoms with van der Waals surface area (Å²) < 4.78 is 0.952. The Morgan fingerprint density at radius 1 is 1.18 bits per heavy atom. The minimum Gasteiger partial charge on any atom is -0.341 e. The van der Waals surface area contributed by atoms with Gasteiger partial charge in [-0.05, 0) is 36.4 Å². The Morgan fingerprint density at radius 3 is 2.12 bits per heavy atom. The SMILES string of the molecule is CCN(CC)c1nc(Cl)c(I)c(C(C)(C)C)n1. The van der Waals surface area contributed by atoms with Gasteiger partial charge in [0.1, 0.15) is 5.15 Å². The average Bonchev–Trinajstić information content (AvgIpc) is 2.23. The summed E-state index contributed by atoms with van der Waals surface area (Å²) in [7, 11) is 0. The van der Waals surface area contributed by atoms with E-state index in [0.29, 0.717) is 5.15 Å². The van der Waals surface area contributed by atoms with Crippen LogP contribution in [0.1, 0.15) is 40.3 Å². The Kier molecular flexibility index (Phi) is 5.01. The second kappa shape index (κ2) is 5.69. The van der Waals surface area contributed by atoms with Crippen LogP contribution in [0.4, 0.5) is 5.95 Å². The fraction of sp³-hybridized carbons (Fsp3) is 0.667. The number of aromatic nitrogens is 2. The van der Waals surface area contributed by atoms with E-state index in [0.717, 1.165) is 28.3 Å². The molecule has 0 aromatic carbocycles. The van der Waals surface area contributed by atoms with Crippen molar-refractivity contribution in [3.8, 4) is 0 Å². The lowest BCUT2D eigenvalue weighted by atomic mass is 9.92. The minimum absolute atomic E-state index is 0.0228. The Hall–Kier alpha value is -0.100. The zero-order valence-corrected chi connectivity index (χ0v) is 13.9. The normalized spacial score (nSPS) is 11.7. The van der Waals surface area contributed by atoms with Gasteiger partial charge in [-0.1, -0.05) is 32.4 Å². The highest BCUT2D eigenvalue weighted by molar-refractivity contribution is 14.1. The third-order valence-electron chi connectivity index (χ3n) is 2.56. The van der Waals surface area contributed by atoms with Crippen molar-refractivity contribution in [2.75, 3.05) is 18.0 Å². The summed E-state index contributed by atoms with van der Waals surface area (Å²) in [5.41, 5.74) is 0.991. The molecule has 1 rings (SSSR count). The maximum Gasteiger partial charge on any atom is 0.227 e. The molecule has 0 radical (unpaired) electrons. The number of hydrogen-bond acceptors (Lipinski definition) is 3. The molecule has 17 heavy (non-hydrogen) atoms. The largest absolute Gasteiger partial charge is 0.341 e. The summed E-state index contributed by atoms with van der Waals surface area (Å²) in [6, 6.07) is 0. The molecule has 0 atom stereocenters. The van der Waals surface area contributed by atoms with E-state index in [4.69, 9.17) is 11.6 Å². The molecule has 0 aliphatic heterocycles. The molecule has 1 heterocycles. The fourth-order valence-electron chi connectivity index (χ4n) is 1.55. The first-order valence-corrected chi connectivity index (χ1v) is 7.25. The highest BCUT2D eigenvalue weighted by atomic mass is 127. The molecule has 5 heteroatoms. The van der Waals surface area contributed by atoms with Crippen molar-refractivity contribution < 1.29 is 0 Å². The van der Waals surface area contributed by atoms with Crippen LogP contribution in [0.15, 0.2) is 0 Å². The predicted molar refractivity (Wildman–Crippen MR) is 82.0 cm³/mol. The maximum absolute atomic E-state index is 6.20. The summed E-state index contributed by atoms with van der Waals surface area (Å²) in [5.74, 6) is 0.727. The van der Waals surface area contributed by atoms with Crippen molar-refractivity contribution in [2.24, 2.45) is 0 Å². The lowest BCUT2D eigenvalue weighted by Gasteiger charge is -2.24. The summed E-state index contributed by atoms with van der Waals surface area (Å²) >= 11 is 8.42. The first kappa shape index (κ1) is 15.0. The molecule has 96 valence electrons. The van der Waals surface area contributed by atoms with Gasteiger partial charge in [0, 0.05) is 18.5 Å². The second-order valence-electron chi connectivity index (χ2n) is 4.90. The number of rotatable bonds is 3. The van der Waals surface area contributed by atoms with Gasteiger partial charge >= 0.3 is 0 Å². The first-order valence-electron chi connectivity index (χ1n) is 5.79. The van der Waals surface area contributed by atoms with E-state index in [1.165, 1.54) is 0 Å². The Balaban J connectivity index is 3.33. The van der Waals surface area contributed by atoms with Crippen LogP contribution in [0.5, 0.6) is 0 Å². The summed E-state index contributed by atoms with van der Waals surface area (Å²) in [6.07, 6.45) is 0. The molecule has 0 unspecified atom stereocenters. The second-order valence-corrected chi connectivity index (χ2v) is 6.34. The van der Waals surface area contributed by atoms with E-state index < -0.39 is 0 Å². The van der Waals surface area contributed by atoms with Gasteiger partial charge in [-0.3, -0.25) is 0 Å². The van der Waals surface area contributed by atoms with E-state index in [1.807, 2.05) is 0 Å². The molecule has 0 aliphatic rings. The number of halogens is 2. The van der Waals surface area contributed by atoms with Crippen molar-refractivity contribution in [1.29, 1.82) is 0 Å². The van der Waals surface area contributed by atoms with Crippen molar-refractivity contribution >= 4 is 40.1 Å². The van der Waals surface area contributed by atoms with Crippen LogP contribution in [0.2, 0.25) is 5.15 Å². The van der Waals surface area contributed by atoms with E-state index >= 15 is 0 Å². The molecule has 1 aromatic heterocycles. The molecule has 1 aromatic rings. The van der Waals surface area contributed by atoms with Gasteiger partial charge in [0.15, 0.2) is 0 Å². The van der Waals surface area contributed by atoms with E-state index in [2.05, 4.69) is 72.1 Å². The minimum atomic E-state index is -0.0228. The van der Waals surface area contributed by atoms with Gasteiger partial charge in [-0.25, -0.2) is 4.98 Å². The molecule has 0 aliphatic carbocycles. The summed E-state index contributed by atoms with van der Waals surface area (Å²) in [5, 5.41) is 0.549. The highest BCUT2D eigenvalue weighted by Crippen LogP contribution is 2.30. The van der Waals surface area contributed by atoms with Crippen molar-refractivity contribution in [2.45, 2.75) is 40.0 Å². The Labute approximate surface area is 122 Å². The molecular formula is C12H19ClIN3. The smallest absolute Gasteiger partial charge is 0.227 e. The molecule has 0 spiro atoms. The average molecular weight is 368 g/mol. The van der Waals surface area contributed by atoms with Gasteiger partial charge < -0.3 is 4.90 Å². The van der Waals surface area contributed by atoms with Crippen LogP contribution >= 0.6 is 34.2 Å². The fourth-order valence-corrected chi connectivity index (χ4v) is 2.77. The van der Waals surface area contributed by atoms with Gasteiger partial charge in [0.2, 0.25) is 5.95 Å². The lowest BCUT2D eigenvalue weighted by Crippen LogP contribution is -2.27. The standard InChI is InChI=1S/C12H19ClIN3/c1-6-17(7-2)11-15-9(12(3,4)5)8(14)10(13)16-11/h6-7H2,1-5H3. The zero-order chi connectivity index (χ0) is 13.2. The molecule has 0 amide bonds. The number of hydrogen-bond donors (Lipinski definition) is 0. The van der Waals surface area contributed by atoms with Gasteiger partial charge in [-0.15, -0.1) is 0 Å². The molecule has 3 nitrogen and oxygen atoms in total. The molecule has 0 saturated carbocycles. The third kappa shape index (κ3) is 3.44. The van der Waals surface area contributed by atoms with E-state index in [9.17, 15) is 0 Å². The third-order valence-corrected chi connectivity index (χ3v) is 4.17.